The van der Waals surface area contributed by atoms with E-state index < -0.39 is 5.97 Å². The van der Waals surface area contributed by atoms with E-state index in [9.17, 15) is 9.90 Å². The summed E-state index contributed by atoms with van der Waals surface area (Å²) >= 11 is 0. The van der Waals surface area contributed by atoms with Gasteiger partial charge in [-0.15, -0.1) is 0 Å². The number of carboxylic acids is 1. The van der Waals surface area contributed by atoms with Crippen LogP contribution in [0.2, 0.25) is 0 Å². The summed E-state index contributed by atoms with van der Waals surface area (Å²) in [5, 5.41) is 12.2. The summed E-state index contributed by atoms with van der Waals surface area (Å²) in [7, 11) is 0. The Morgan fingerprint density at radius 2 is 1.80 bits per heavy atom. The molecule has 0 amide bonds. The number of carbonyl (C=O) groups is 1. The Bertz CT molecular complexity index is 1360. The van der Waals surface area contributed by atoms with Crippen LogP contribution in [0, 0.1) is 6.92 Å². The van der Waals surface area contributed by atoms with Gasteiger partial charge in [-0.3, -0.25) is 0 Å². The number of rotatable bonds is 7. The van der Waals surface area contributed by atoms with Gasteiger partial charge >= 0.3 is 5.97 Å². The van der Waals surface area contributed by atoms with Crippen molar-refractivity contribution in [2.45, 2.75) is 45.1 Å². The van der Waals surface area contributed by atoms with Crippen molar-refractivity contribution in [3.63, 3.8) is 0 Å². The Kier molecular flexibility index (Phi) is 6.45. The highest BCUT2D eigenvalue weighted by molar-refractivity contribution is 5.91. The minimum atomic E-state index is -0.898. The smallest absolute Gasteiger partial charge is 0.336 e. The predicted molar refractivity (Wildman–Crippen MR) is 142 cm³/mol. The molecule has 0 aliphatic carbocycles. The van der Waals surface area contributed by atoms with Gasteiger partial charge in [-0.25, -0.2) is 4.79 Å². The van der Waals surface area contributed by atoms with Crippen molar-refractivity contribution in [3.05, 3.63) is 102 Å². The zero-order valence-electron chi connectivity index (χ0n) is 20.3. The molecule has 1 aliphatic heterocycles. The van der Waals surface area contributed by atoms with E-state index in [2.05, 4.69) is 54.3 Å². The molecule has 1 unspecified atom stereocenters. The highest BCUT2D eigenvalue weighted by Gasteiger charge is 2.27. The van der Waals surface area contributed by atoms with E-state index in [0.29, 0.717) is 18.0 Å². The van der Waals surface area contributed by atoms with Gasteiger partial charge in [-0.1, -0.05) is 67.6 Å². The van der Waals surface area contributed by atoms with E-state index in [1.807, 2.05) is 43.3 Å². The van der Waals surface area contributed by atoms with Crippen molar-refractivity contribution >= 4 is 28.1 Å². The zero-order chi connectivity index (χ0) is 24.4. The summed E-state index contributed by atoms with van der Waals surface area (Å²) in [6, 6.07) is 28.9. The third kappa shape index (κ3) is 4.74. The van der Waals surface area contributed by atoms with Gasteiger partial charge in [0.05, 0.1) is 17.8 Å². The van der Waals surface area contributed by atoms with Crippen molar-refractivity contribution in [3.8, 4) is 5.75 Å². The molecule has 5 rings (SSSR count). The van der Waals surface area contributed by atoms with Crippen LogP contribution in [0.25, 0.3) is 10.8 Å². The number of hydrogen-bond acceptors (Lipinski definition) is 3. The van der Waals surface area contributed by atoms with Crippen molar-refractivity contribution in [1.82, 2.24) is 0 Å². The number of aryl methyl sites for hydroxylation is 1. The molecule has 4 nitrogen and oxygen atoms in total. The number of hydrogen-bond donors (Lipinski definition) is 1. The predicted octanol–water partition coefficient (Wildman–Crippen LogP) is 7.72. The molecule has 0 saturated heterocycles. The van der Waals surface area contributed by atoms with Crippen LogP contribution in [0.1, 0.15) is 53.6 Å². The standard InChI is InChI=1S/C31H31NO3/c1-21(26-14-8-11-23-10-3-4-13-27(23)26)9-7-12-25-20-32(29-15-5-6-16-30(29)35-25)24-18-17-22(2)28(19-24)31(33)34/h3-6,8,10-11,13-19,21,25H,7,9,12,20H2,1-2H3,(H,33,34)/t21-,25?/m1/s1. The summed E-state index contributed by atoms with van der Waals surface area (Å²) in [6.45, 7) is 4.84. The normalized spacial score (nSPS) is 15.9. The molecular formula is C31H31NO3. The quantitative estimate of drug-likeness (QED) is 0.303. The molecule has 1 aliphatic rings. The number of aromatic carboxylic acids is 1. The zero-order valence-corrected chi connectivity index (χ0v) is 20.3. The lowest BCUT2D eigenvalue weighted by molar-refractivity contribution is 0.0696. The van der Waals surface area contributed by atoms with E-state index >= 15 is 0 Å². The topological polar surface area (TPSA) is 49.8 Å². The molecule has 4 heteroatoms. The van der Waals surface area contributed by atoms with E-state index in [1.165, 1.54) is 16.3 Å². The van der Waals surface area contributed by atoms with Crippen LogP contribution in [-0.2, 0) is 0 Å². The van der Waals surface area contributed by atoms with Gasteiger partial charge in [0.25, 0.3) is 0 Å². The maximum absolute atomic E-state index is 11.7. The summed E-state index contributed by atoms with van der Waals surface area (Å²) < 4.78 is 6.38. The molecule has 4 aromatic rings. The first-order chi connectivity index (χ1) is 17.0. The van der Waals surface area contributed by atoms with Gasteiger partial charge in [0, 0.05) is 5.69 Å². The summed E-state index contributed by atoms with van der Waals surface area (Å²) in [5.74, 6) is 0.413. The van der Waals surface area contributed by atoms with Crippen molar-refractivity contribution in [2.24, 2.45) is 0 Å². The Balaban J connectivity index is 1.31. The minimum absolute atomic E-state index is 0.0409. The van der Waals surface area contributed by atoms with E-state index in [-0.39, 0.29) is 6.10 Å². The first-order valence-electron chi connectivity index (χ1n) is 12.4. The van der Waals surface area contributed by atoms with Crippen LogP contribution < -0.4 is 9.64 Å². The number of ether oxygens (including phenoxy) is 1. The number of anilines is 2. The summed E-state index contributed by atoms with van der Waals surface area (Å²) in [4.78, 5) is 13.9. The maximum atomic E-state index is 11.7. The molecule has 178 valence electrons. The van der Waals surface area contributed by atoms with Crippen LogP contribution in [0.3, 0.4) is 0 Å². The molecule has 4 aromatic carbocycles. The van der Waals surface area contributed by atoms with Gasteiger partial charge in [0.15, 0.2) is 0 Å². The number of para-hydroxylation sites is 2. The number of benzene rings is 4. The van der Waals surface area contributed by atoms with Crippen molar-refractivity contribution in [1.29, 1.82) is 0 Å². The second kappa shape index (κ2) is 9.83. The largest absolute Gasteiger partial charge is 0.486 e. The third-order valence-electron chi connectivity index (χ3n) is 7.12. The number of carboxylic acid groups (broad SMARTS) is 1. The molecule has 0 radical (unpaired) electrons. The van der Waals surface area contributed by atoms with Crippen LogP contribution in [0.4, 0.5) is 11.4 Å². The molecule has 35 heavy (non-hydrogen) atoms. The fourth-order valence-corrected chi connectivity index (χ4v) is 5.19. The van der Waals surface area contributed by atoms with Crippen LogP contribution >= 0.6 is 0 Å². The highest BCUT2D eigenvalue weighted by Crippen LogP contribution is 2.39. The monoisotopic (exact) mass is 465 g/mol. The summed E-state index contributed by atoms with van der Waals surface area (Å²) in [5.41, 5.74) is 4.38. The Labute approximate surface area is 206 Å². The average Bonchev–Trinajstić information content (AvgIpc) is 2.88. The molecule has 2 atom stereocenters. The van der Waals surface area contributed by atoms with Crippen molar-refractivity contribution < 1.29 is 14.6 Å². The van der Waals surface area contributed by atoms with Crippen LogP contribution in [0.15, 0.2) is 84.9 Å². The fraction of sp³-hybridized carbons (Fsp3) is 0.258. The van der Waals surface area contributed by atoms with Gasteiger partial charge in [0.2, 0.25) is 0 Å². The van der Waals surface area contributed by atoms with E-state index in [4.69, 9.17) is 4.74 Å². The van der Waals surface area contributed by atoms with E-state index in [1.54, 1.807) is 6.07 Å². The van der Waals surface area contributed by atoms with Crippen LogP contribution in [-0.4, -0.2) is 23.7 Å². The summed E-state index contributed by atoms with van der Waals surface area (Å²) in [6.07, 6.45) is 3.12. The lowest BCUT2D eigenvalue weighted by Gasteiger charge is -2.36. The molecule has 1 N–H and O–H groups in total. The molecule has 1 heterocycles. The maximum Gasteiger partial charge on any atom is 0.336 e. The minimum Gasteiger partial charge on any atom is -0.486 e. The molecule has 0 bridgehead atoms. The number of nitrogens with zero attached hydrogens (tertiary/aromatic N) is 1. The molecule has 0 fully saturated rings. The number of fused-ring (bicyclic) bond motifs is 2. The van der Waals surface area contributed by atoms with Gasteiger partial charge in [-0.2, -0.15) is 0 Å². The first kappa shape index (κ1) is 23.0. The van der Waals surface area contributed by atoms with Gasteiger partial charge < -0.3 is 14.7 Å². The fourth-order valence-electron chi connectivity index (χ4n) is 5.19. The Morgan fingerprint density at radius 1 is 1.03 bits per heavy atom. The Morgan fingerprint density at radius 3 is 2.66 bits per heavy atom. The lowest BCUT2D eigenvalue weighted by atomic mass is 9.90. The second-order valence-electron chi connectivity index (χ2n) is 9.52. The van der Waals surface area contributed by atoms with Crippen LogP contribution in [0.5, 0.6) is 5.75 Å². The second-order valence-corrected chi connectivity index (χ2v) is 9.52. The molecule has 0 aromatic heterocycles. The Hall–Kier alpha value is -3.79. The highest BCUT2D eigenvalue weighted by atomic mass is 16.5. The van der Waals surface area contributed by atoms with E-state index in [0.717, 1.165) is 42.0 Å². The molecular weight excluding hydrogens is 434 g/mol. The lowest BCUT2D eigenvalue weighted by Crippen LogP contribution is -2.37. The average molecular weight is 466 g/mol. The SMILES string of the molecule is Cc1ccc(N2CC(CCC[C@@H](C)c3cccc4ccccc34)Oc3ccccc32)cc1C(=O)O. The molecule has 0 saturated carbocycles. The first-order valence-corrected chi connectivity index (χ1v) is 12.4. The van der Waals surface area contributed by atoms with Crippen molar-refractivity contribution in [2.75, 3.05) is 11.4 Å². The van der Waals surface area contributed by atoms with Gasteiger partial charge in [-0.05, 0) is 78.3 Å². The van der Waals surface area contributed by atoms with Gasteiger partial charge in [0.1, 0.15) is 11.9 Å². The third-order valence-corrected chi connectivity index (χ3v) is 7.12. The molecule has 0 spiro atoms.